The average molecular weight is 322 g/mol. The Bertz CT molecular complexity index is 406. The minimum Gasteiger partial charge on any atom is -0.158 e. The lowest BCUT2D eigenvalue weighted by molar-refractivity contribution is -0.780. The van der Waals surface area contributed by atoms with Gasteiger partial charge in [-0.2, -0.15) is 4.68 Å². The molecule has 0 unspecified atom stereocenters. The lowest BCUT2D eigenvalue weighted by Gasteiger charge is -2.04. The molecular formula is C21H41N2+. The van der Waals surface area contributed by atoms with Crippen LogP contribution in [0.2, 0.25) is 0 Å². The Morgan fingerprint density at radius 1 is 0.739 bits per heavy atom. The van der Waals surface area contributed by atoms with E-state index < -0.39 is 0 Å². The fourth-order valence-electron chi connectivity index (χ4n) is 3.65. The number of hydrogen-bond acceptors (Lipinski definition) is 0. The molecule has 0 atom stereocenters. The molecule has 134 valence electrons. The van der Waals surface area contributed by atoms with Gasteiger partial charge in [-0.15, -0.1) is 4.68 Å². The van der Waals surface area contributed by atoms with Crippen LogP contribution in [0, 0.1) is 13.8 Å². The zero-order valence-electron chi connectivity index (χ0n) is 16.4. The second-order valence-electron chi connectivity index (χ2n) is 7.16. The molecule has 0 amide bonds. The molecule has 2 heteroatoms. The summed E-state index contributed by atoms with van der Waals surface area (Å²) in [7, 11) is 0. The molecule has 0 aliphatic heterocycles. The third-order valence-corrected chi connectivity index (χ3v) is 5.05. The highest BCUT2D eigenvalue weighted by molar-refractivity contribution is 5.01. The number of aryl methyl sites for hydroxylation is 2. The van der Waals surface area contributed by atoms with Gasteiger partial charge in [0, 0.05) is 19.4 Å². The topological polar surface area (TPSA) is 8.81 Å². The Hall–Kier alpha value is -0.790. The van der Waals surface area contributed by atoms with Crippen LogP contribution in [0.5, 0.6) is 0 Å². The summed E-state index contributed by atoms with van der Waals surface area (Å²) in [6, 6.07) is 2.31. The Labute approximate surface area is 145 Å². The summed E-state index contributed by atoms with van der Waals surface area (Å²) in [5.74, 6) is 0. The summed E-state index contributed by atoms with van der Waals surface area (Å²) in [6.45, 7) is 11.3. The van der Waals surface area contributed by atoms with Crippen molar-refractivity contribution in [2.24, 2.45) is 0 Å². The van der Waals surface area contributed by atoms with Crippen LogP contribution in [0.25, 0.3) is 0 Å². The molecule has 1 aromatic rings. The molecule has 1 aromatic heterocycles. The van der Waals surface area contributed by atoms with Gasteiger partial charge in [0.1, 0.15) is 0 Å². The summed E-state index contributed by atoms with van der Waals surface area (Å²) in [5.41, 5.74) is 2.80. The van der Waals surface area contributed by atoms with Crippen LogP contribution in [-0.2, 0) is 13.1 Å². The van der Waals surface area contributed by atoms with Crippen molar-refractivity contribution in [2.45, 2.75) is 118 Å². The van der Waals surface area contributed by atoms with E-state index in [9.17, 15) is 0 Å². The van der Waals surface area contributed by atoms with Crippen molar-refractivity contribution in [1.29, 1.82) is 0 Å². The van der Waals surface area contributed by atoms with E-state index >= 15 is 0 Å². The average Bonchev–Trinajstić information content (AvgIpc) is 2.81. The summed E-state index contributed by atoms with van der Waals surface area (Å²) in [6.07, 6.45) is 17.1. The predicted molar refractivity (Wildman–Crippen MR) is 101 cm³/mol. The highest BCUT2D eigenvalue weighted by atomic mass is 15.4. The van der Waals surface area contributed by atoms with E-state index in [0.29, 0.717) is 0 Å². The third-order valence-electron chi connectivity index (χ3n) is 5.05. The molecule has 0 spiro atoms. The fraction of sp³-hybridized carbons (Fsp3) is 0.857. The maximum absolute atomic E-state index is 2.46. The van der Waals surface area contributed by atoms with Crippen molar-refractivity contribution >= 4 is 0 Å². The quantitative estimate of drug-likeness (QED) is 0.288. The lowest BCUT2D eigenvalue weighted by atomic mass is 10.1. The lowest BCUT2D eigenvalue weighted by Crippen LogP contribution is -2.45. The summed E-state index contributed by atoms with van der Waals surface area (Å²) in [4.78, 5) is 0. The molecule has 0 N–H and O–H groups in total. The highest BCUT2D eigenvalue weighted by Gasteiger charge is 2.15. The molecular weight excluding hydrogens is 280 g/mol. The largest absolute Gasteiger partial charge is 0.205 e. The number of nitrogens with zero attached hydrogens (tertiary/aromatic N) is 2. The van der Waals surface area contributed by atoms with Crippen LogP contribution in [0.15, 0.2) is 6.07 Å². The first-order valence-electron chi connectivity index (χ1n) is 10.3. The van der Waals surface area contributed by atoms with Crippen LogP contribution in [0.3, 0.4) is 0 Å². The molecule has 0 saturated heterocycles. The molecule has 0 fully saturated rings. The highest BCUT2D eigenvalue weighted by Crippen LogP contribution is 2.12. The van der Waals surface area contributed by atoms with E-state index in [1.54, 1.807) is 0 Å². The van der Waals surface area contributed by atoms with Gasteiger partial charge >= 0.3 is 0 Å². The van der Waals surface area contributed by atoms with Crippen LogP contribution in [0.4, 0.5) is 0 Å². The first-order valence-corrected chi connectivity index (χ1v) is 10.3. The predicted octanol–water partition coefficient (Wildman–Crippen LogP) is 6.11. The van der Waals surface area contributed by atoms with Crippen molar-refractivity contribution in [3.63, 3.8) is 0 Å². The third kappa shape index (κ3) is 8.04. The minimum atomic E-state index is 1.08. The van der Waals surface area contributed by atoms with Crippen LogP contribution in [0.1, 0.15) is 102 Å². The van der Waals surface area contributed by atoms with Crippen molar-refractivity contribution in [3.05, 3.63) is 17.5 Å². The van der Waals surface area contributed by atoms with Crippen LogP contribution >= 0.6 is 0 Å². The van der Waals surface area contributed by atoms with Gasteiger partial charge in [0.25, 0.3) is 0 Å². The Morgan fingerprint density at radius 2 is 1.22 bits per heavy atom. The molecule has 2 nitrogen and oxygen atoms in total. The molecule has 23 heavy (non-hydrogen) atoms. The van der Waals surface area contributed by atoms with Gasteiger partial charge in [0.05, 0.1) is 12.2 Å². The molecule has 0 bridgehead atoms. The van der Waals surface area contributed by atoms with Crippen molar-refractivity contribution in [3.8, 4) is 0 Å². The van der Waals surface area contributed by atoms with Gasteiger partial charge in [-0.05, 0) is 20.3 Å². The first kappa shape index (κ1) is 20.3. The molecule has 1 rings (SSSR count). The van der Waals surface area contributed by atoms with Gasteiger partial charge in [0.15, 0.2) is 6.54 Å². The molecule has 0 saturated carbocycles. The Morgan fingerprint density at radius 3 is 1.70 bits per heavy atom. The standard InChI is InChI=1S/C21H41N2/c1-5-7-8-9-10-11-12-13-14-15-16-17-18-23-21(4)19-20(3)22(23)6-2/h19H,5-18H2,1-4H3/q+1. The maximum atomic E-state index is 2.46. The SMILES string of the molecule is CCCCCCCCCCCCCC[n+]1c(C)cc(C)n1CC. The monoisotopic (exact) mass is 321 g/mol. The number of rotatable bonds is 14. The van der Waals surface area contributed by atoms with E-state index in [0.717, 1.165) is 6.54 Å². The summed E-state index contributed by atoms with van der Waals surface area (Å²) >= 11 is 0. The van der Waals surface area contributed by atoms with Gasteiger partial charge in [-0.1, -0.05) is 71.1 Å². The zero-order chi connectivity index (χ0) is 16.9. The van der Waals surface area contributed by atoms with Crippen LogP contribution in [-0.4, -0.2) is 4.68 Å². The summed E-state index contributed by atoms with van der Waals surface area (Å²) in [5, 5.41) is 0. The van der Waals surface area contributed by atoms with E-state index in [1.165, 1.54) is 95.0 Å². The van der Waals surface area contributed by atoms with E-state index in [1.807, 2.05) is 0 Å². The number of unbranched alkanes of at least 4 members (excludes halogenated alkanes) is 11. The second-order valence-corrected chi connectivity index (χ2v) is 7.16. The van der Waals surface area contributed by atoms with E-state index in [4.69, 9.17) is 0 Å². The van der Waals surface area contributed by atoms with Crippen molar-refractivity contribution in [1.82, 2.24) is 4.68 Å². The normalized spacial score (nSPS) is 11.3. The van der Waals surface area contributed by atoms with Crippen molar-refractivity contribution in [2.75, 3.05) is 0 Å². The fourth-order valence-corrected chi connectivity index (χ4v) is 3.65. The minimum absolute atomic E-state index is 1.08. The van der Waals surface area contributed by atoms with Gasteiger partial charge < -0.3 is 0 Å². The van der Waals surface area contributed by atoms with E-state index in [-0.39, 0.29) is 0 Å². The Balaban J connectivity index is 1.98. The zero-order valence-corrected chi connectivity index (χ0v) is 16.4. The smallest absolute Gasteiger partial charge is 0.158 e. The van der Waals surface area contributed by atoms with Gasteiger partial charge in [-0.25, -0.2) is 0 Å². The van der Waals surface area contributed by atoms with E-state index in [2.05, 4.69) is 43.1 Å². The molecule has 0 radical (unpaired) electrons. The maximum Gasteiger partial charge on any atom is 0.205 e. The van der Waals surface area contributed by atoms with Crippen molar-refractivity contribution < 1.29 is 4.68 Å². The number of hydrogen-bond donors (Lipinski definition) is 0. The molecule has 0 aliphatic carbocycles. The van der Waals surface area contributed by atoms with Crippen LogP contribution < -0.4 is 4.68 Å². The van der Waals surface area contributed by atoms with Gasteiger partial charge in [-0.3, -0.25) is 0 Å². The second kappa shape index (κ2) is 12.6. The molecule has 0 aromatic carbocycles. The van der Waals surface area contributed by atoms with Gasteiger partial charge in [0.2, 0.25) is 5.69 Å². The molecule has 0 aliphatic rings. The summed E-state index contributed by atoms with van der Waals surface area (Å²) < 4.78 is 4.87. The molecule has 1 heterocycles. The Kier molecular flexibility index (Phi) is 11.1. The number of aromatic nitrogens is 2. The first-order chi connectivity index (χ1) is 11.2.